The van der Waals surface area contributed by atoms with E-state index in [1.54, 1.807) is 0 Å². The Balaban J connectivity index is 2.48. The summed E-state index contributed by atoms with van der Waals surface area (Å²) in [5, 5.41) is 0. The highest BCUT2D eigenvalue weighted by Crippen LogP contribution is 2.18. The summed E-state index contributed by atoms with van der Waals surface area (Å²) in [7, 11) is -1.71. The summed E-state index contributed by atoms with van der Waals surface area (Å²) in [6, 6.07) is 0.365. The van der Waals surface area contributed by atoms with E-state index in [2.05, 4.69) is 6.92 Å². The summed E-state index contributed by atoms with van der Waals surface area (Å²) in [6.07, 6.45) is 2.12. The van der Waals surface area contributed by atoms with Gasteiger partial charge in [0.2, 0.25) is 8.32 Å². The smallest absolute Gasteiger partial charge is 0.396 e. The van der Waals surface area contributed by atoms with Crippen LogP contribution in [0.2, 0.25) is 19.6 Å². The fraction of sp³-hybridized carbons (Fsp3) is 0.889. The van der Waals surface area contributed by atoms with Gasteiger partial charge in [-0.3, -0.25) is 0 Å². The molecule has 1 aliphatic heterocycles. The topological polar surface area (TPSA) is 29.5 Å². The first kappa shape index (κ1) is 10.6. The van der Waals surface area contributed by atoms with Crippen molar-refractivity contribution in [1.82, 2.24) is 4.90 Å². The van der Waals surface area contributed by atoms with Crippen LogP contribution in [0.15, 0.2) is 0 Å². The molecule has 1 atom stereocenters. The molecule has 1 rings (SSSR count). The molecule has 0 N–H and O–H groups in total. The standard InChI is InChI=1S/C9H19NO2Si/c1-8-6-5-7-10(8)9(11)12-13(2,3)4/h8H,5-7H2,1-4H3/t8-/m1/s1. The third-order valence-electron chi connectivity index (χ3n) is 2.18. The summed E-state index contributed by atoms with van der Waals surface area (Å²) in [4.78, 5) is 13.5. The van der Waals surface area contributed by atoms with Gasteiger partial charge in [0.25, 0.3) is 0 Å². The van der Waals surface area contributed by atoms with Gasteiger partial charge in [-0.2, -0.15) is 0 Å². The Morgan fingerprint density at radius 2 is 2.08 bits per heavy atom. The van der Waals surface area contributed by atoms with Crippen LogP contribution < -0.4 is 0 Å². The van der Waals surface area contributed by atoms with Gasteiger partial charge in [-0.25, -0.2) is 4.79 Å². The predicted octanol–water partition coefficient (Wildman–Crippen LogP) is 2.44. The first-order valence-corrected chi connectivity index (χ1v) is 8.30. The first-order chi connectivity index (χ1) is 5.90. The van der Waals surface area contributed by atoms with Crippen molar-refractivity contribution >= 4 is 14.4 Å². The van der Waals surface area contributed by atoms with Gasteiger partial charge in [0.1, 0.15) is 0 Å². The van der Waals surface area contributed by atoms with Gasteiger partial charge in [-0.1, -0.05) is 0 Å². The summed E-state index contributed by atoms with van der Waals surface area (Å²) in [5.74, 6) is 0. The molecule has 0 aromatic rings. The average Bonchev–Trinajstić information content (AvgIpc) is 2.30. The second-order valence-electron chi connectivity index (χ2n) is 4.66. The second kappa shape index (κ2) is 3.70. The highest BCUT2D eigenvalue weighted by atomic mass is 28.4. The minimum atomic E-state index is -1.71. The van der Waals surface area contributed by atoms with Crippen LogP contribution in [-0.4, -0.2) is 31.9 Å². The average molecular weight is 201 g/mol. The van der Waals surface area contributed by atoms with Crippen molar-refractivity contribution in [3.8, 4) is 0 Å². The quantitative estimate of drug-likeness (QED) is 0.610. The van der Waals surface area contributed by atoms with Crippen molar-refractivity contribution in [2.75, 3.05) is 6.54 Å². The van der Waals surface area contributed by atoms with E-state index in [0.717, 1.165) is 19.4 Å². The van der Waals surface area contributed by atoms with Crippen LogP contribution in [0.3, 0.4) is 0 Å². The van der Waals surface area contributed by atoms with Gasteiger partial charge >= 0.3 is 6.09 Å². The summed E-state index contributed by atoms with van der Waals surface area (Å²) in [6.45, 7) is 9.05. The molecule has 0 spiro atoms. The molecule has 3 nitrogen and oxygen atoms in total. The fourth-order valence-corrected chi connectivity index (χ4v) is 2.17. The number of rotatable bonds is 1. The van der Waals surface area contributed by atoms with Crippen molar-refractivity contribution in [2.45, 2.75) is 45.4 Å². The van der Waals surface area contributed by atoms with Crippen LogP contribution in [0, 0.1) is 0 Å². The van der Waals surface area contributed by atoms with E-state index in [1.165, 1.54) is 0 Å². The largest absolute Gasteiger partial charge is 0.504 e. The maximum absolute atomic E-state index is 11.6. The zero-order valence-electron chi connectivity index (χ0n) is 8.96. The second-order valence-corrected chi connectivity index (χ2v) is 9.09. The highest BCUT2D eigenvalue weighted by Gasteiger charge is 2.29. The van der Waals surface area contributed by atoms with Crippen LogP contribution in [0.5, 0.6) is 0 Å². The number of likely N-dealkylation sites (tertiary alicyclic amines) is 1. The van der Waals surface area contributed by atoms with Gasteiger partial charge in [-0.05, 0) is 39.4 Å². The maximum atomic E-state index is 11.6. The first-order valence-electron chi connectivity index (χ1n) is 4.90. The molecule has 1 fully saturated rings. The van der Waals surface area contributed by atoms with Gasteiger partial charge < -0.3 is 9.33 Å². The Hall–Kier alpha value is -0.513. The zero-order valence-corrected chi connectivity index (χ0v) is 9.96. The van der Waals surface area contributed by atoms with E-state index in [1.807, 2.05) is 24.5 Å². The highest BCUT2D eigenvalue weighted by molar-refractivity contribution is 6.71. The Labute approximate surface area is 81.2 Å². The number of carbonyl (C=O) groups excluding carboxylic acids is 1. The zero-order chi connectivity index (χ0) is 10.1. The van der Waals surface area contributed by atoms with Crippen molar-refractivity contribution in [2.24, 2.45) is 0 Å². The Morgan fingerprint density at radius 3 is 2.46 bits per heavy atom. The van der Waals surface area contributed by atoms with Crippen molar-refractivity contribution in [3.63, 3.8) is 0 Å². The number of carbonyl (C=O) groups is 1. The summed E-state index contributed by atoms with van der Waals surface area (Å²) in [5.41, 5.74) is 0. The predicted molar refractivity (Wildman–Crippen MR) is 55.2 cm³/mol. The summed E-state index contributed by atoms with van der Waals surface area (Å²) < 4.78 is 5.42. The summed E-state index contributed by atoms with van der Waals surface area (Å²) >= 11 is 0. The van der Waals surface area contributed by atoms with Crippen LogP contribution in [-0.2, 0) is 4.43 Å². The molecule has 0 saturated carbocycles. The third kappa shape index (κ3) is 3.02. The fourth-order valence-electron chi connectivity index (χ4n) is 1.53. The van der Waals surface area contributed by atoms with Gasteiger partial charge in [0, 0.05) is 12.6 Å². The lowest BCUT2D eigenvalue weighted by atomic mass is 10.2. The lowest BCUT2D eigenvalue weighted by Gasteiger charge is -2.26. The lowest BCUT2D eigenvalue weighted by molar-refractivity contribution is 0.148. The van der Waals surface area contributed by atoms with Crippen LogP contribution >= 0.6 is 0 Å². The molecule has 1 saturated heterocycles. The molecule has 1 heterocycles. The van der Waals surface area contributed by atoms with E-state index in [0.29, 0.717) is 6.04 Å². The van der Waals surface area contributed by atoms with Crippen LogP contribution in [0.25, 0.3) is 0 Å². The molecule has 4 heteroatoms. The van der Waals surface area contributed by atoms with E-state index >= 15 is 0 Å². The van der Waals surface area contributed by atoms with E-state index in [9.17, 15) is 4.79 Å². The van der Waals surface area contributed by atoms with Gasteiger partial charge in [-0.15, -0.1) is 0 Å². The normalized spacial score (nSPS) is 23.4. The molecule has 0 bridgehead atoms. The number of hydrogen-bond donors (Lipinski definition) is 0. The third-order valence-corrected chi connectivity index (χ3v) is 2.97. The molecule has 0 aromatic heterocycles. The molecule has 0 aromatic carbocycles. The minimum absolute atomic E-state index is 0.107. The monoisotopic (exact) mass is 201 g/mol. The molecular formula is C9H19NO2Si. The van der Waals surface area contributed by atoms with Crippen molar-refractivity contribution < 1.29 is 9.22 Å². The molecular weight excluding hydrogens is 182 g/mol. The number of hydrogen-bond acceptors (Lipinski definition) is 2. The molecule has 1 aliphatic rings. The molecule has 0 radical (unpaired) electrons. The Kier molecular flexibility index (Phi) is 3.00. The van der Waals surface area contributed by atoms with Crippen molar-refractivity contribution in [1.29, 1.82) is 0 Å². The molecule has 0 unspecified atom stereocenters. The minimum Gasteiger partial charge on any atom is -0.504 e. The molecule has 76 valence electrons. The Bertz CT molecular complexity index is 200. The Morgan fingerprint density at radius 1 is 1.46 bits per heavy atom. The molecule has 0 aliphatic carbocycles. The van der Waals surface area contributed by atoms with E-state index in [4.69, 9.17) is 4.43 Å². The number of amides is 1. The lowest BCUT2D eigenvalue weighted by Crippen LogP contribution is -2.40. The molecule has 13 heavy (non-hydrogen) atoms. The maximum Gasteiger partial charge on any atom is 0.396 e. The molecule has 1 amide bonds. The van der Waals surface area contributed by atoms with Crippen LogP contribution in [0.4, 0.5) is 4.79 Å². The number of nitrogens with zero attached hydrogens (tertiary/aromatic N) is 1. The van der Waals surface area contributed by atoms with E-state index < -0.39 is 8.32 Å². The van der Waals surface area contributed by atoms with Crippen molar-refractivity contribution in [3.05, 3.63) is 0 Å². The van der Waals surface area contributed by atoms with Gasteiger partial charge in [0.15, 0.2) is 0 Å². The van der Waals surface area contributed by atoms with Gasteiger partial charge in [0.05, 0.1) is 0 Å². The SMILES string of the molecule is C[C@@H]1CCCN1C(=O)O[Si](C)(C)C. The van der Waals surface area contributed by atoms with Crippen LogP contribution in [0.1, 0.15) is 19.8 Å². The van der Waals surface area contributed by atoms with E-state index in [-0.39, 0.29) is 6.09 Å².